The van der Waals surface area contributed by atoms with E-state index in [4.69, 9.17) is 0 Å². The van der Waals surface area contributed by atoms with Gasteiger partial charge in [-0.25, -0.2) is 0 Å². The third kappa shape index (κ3) is 2.52. The van der Waals surface area contributed by atoms with Crippen LogP contribution in [0.15, 0.2) is 42.5 Å². The van der Waals surface area contributed by atoms with Crippen molar-refractivity contribution in [3.8, 4) is 0 Å². The van der Waals surface area contributed by atoms with E-state index >= 15 is 0 Å². The highest BCUT2D eigenvalue weighted by molar-refractivity contribution is 5.81. The van der Waals surface area contributed by atoms with Crippen molar-refractivity contribution >= 4 is 5.91 Å². The first-order chi connectivity index (χ1) is 9.69. The summed E-state index contributed by atoms with van der Waals surface area (Å²) < 4.78 is 0. The van der Waals surface area contributed by atoms with Crippen molar-refractivity contribution in [1.29, 1.82) is 0 Å². The summed E-state index contributed by atoms with van der Waals surface area (Å²) in [5.74, 6) is 0.491. The van der Waals surface area contributed by atoms with E-state index in [9.17, 15) is 4.79 Å². The maximum Gasteiger partial charge on any atom is 0.229 e. The number of piperidine rings is 1. The zero-order valence-corrected chi connectivity index (χ0v) is 12.2. The highest BCUT2D eigenvalue weighted by atomic mass is 16.2. The molecule has 0 radical (unpaired) electrons. The number of rotatable bonds is 2. The van der Waals surface area contributed by atoms with Gasteiger partial charge in [0.15, 0.2) is 0 Å². The van der Waals surface area contributed by atoms with Crippen LogP contribution in [-0.2, 0) is 10.2 Å². The van der Waals surface area contributed by atoms with Gasteiger partial charge in [-0.05, 0) is 36.7 Å². The molecule has 1 aromatic carbocycles. The van der Waals surface area contributed by atoms with Crippen molar-refractivity contribution < 1.29 is 4.79 Å². The van der Waals surface area contributed by atoms with E-state index in [1.807, 2.05) is 0 Å². The van der Waals surface area contributed by atoms with Gasteiger partial charge in [-0.3, -0.25) is 4.79 Å². The van der Waals surface area contributed by atoms with Crippen LogP contribution in [0.3, 0.4) is 0 Å². The summed E-state index contributed by atoms with van der Waals surface area (Å²) >= 11 is 0. The summed E-state index contributed by atoms with van der Waals surface area (Å²) in [6, 6.07) is 10.7. The van der Waals surface area contributed by atoms with E-state index in [1.54, 1.807) is 0 Å². The minimum atomic E-state index is 0.149. The number of allylic oxidation sites excluding steroid dienone is 1. The summed E-state index contributed by atoms with van der Waals surface area (Å²) in [5.41, 5.74) is 1.64. The van der Waals surface area contributed by atoms with E-state index in [0.29, 0.717) is 5.91 Å². The van der Waals surface area contributed by atoms with Crippen LogP contribution in [0.1, 0.15) is 38.2 Å². The van der Waals surface area contributed by atoms with Gasteiger partial charge in [-0.1, -0.05) is 49.4 Å². The first-order valence-corrected chi connectivity index (χ1v) is 7.70. The lowest BCUT2D eigenvalue weighted by Gasteiger charge is -2.40. The van der Waals surface area contributed by atoms with Crippen molar-refractivity contribution in [1.82, 2.24) is 4.90 Å². The SMILES string of the molecule is CC1(c2ccccc2)CCN(C(=O)C2C=CCC2)CC1. The van der Waals surface area contributed by atoms with E-state index in [0.717, 1.165) is 38.8 Å². The Morgan fingerprint density at radius 3 is 2.50 bits per heavy atom. The summed E-state index contributed by atoms with van der Waals surface area (Å²) in [5, 5.41) is 0. The van der Waals surface area contributed by atoms with Crippen LogP contribution in [-0.4, -0.2) is 23.9 Å². The van der Waals surface area contributed by atoms with Gasteiger partial charge >= 0.3 is 0 Å². The van der Waals surface area contributed by atoms with Gasteiger partial charge in [-0.2, -0.15) is 0 Å². The molecule has 1 aromatic rings. The Morgan fingerprint density at radius 2 is 1.90 bits per heavy atom. The van der Waals surface area contributed by atoms with Crippen LogP contribution in [0.2, 0.25) is 0 Å². The molecule has 1 fully saturated rings. The maximum atomic E-state index is 12.4. The molecule has 0 bridgehead atoms. The zero-order valence-electron chi connectivity index (χ0n) is 12.2. The fourth-order valence-electron chi connectivity index (χ4n) is 3.42. The molecule has 20 heavy (non-hydrogen) atoms. The summed E-state index contributed by atoms with van der Waals surface area (Å²) in [7, 11) is 0. The predicted molar refractivity (Wildman–Crippen MR) is 81.5 cm³/mol. The molecular formula is C18H23NO. The molecule has 1 amide bonds. The van der Waals surface area contributed by atoms with Crippen LogP contribution in [0, 0.1) is 5.92 Å². The van der Waals surface area contributed by atoms with Crippen LogP contribution in [0.5, 0.6) is 0 Å². The molecule has 1 heterocycles. The average Bonchev–Trinajstić information content (AvgIpc) is 3.02. The molecular weight excluding hydrogens is 246 g/mol. The van der Waals surface area contributed by atoms with Gasteiger partial charge in [0.2, 0.25) is 5.91 Å². The predicted octanol–water partition coefficient (Wildman–Crippen LogP) is 3.53. The number of nitrogens with zero attached hydrogens (tertiary/aromatic N) is 1. The second-order valence-corrected chi connectivity index (χ2v) is 6.36. The number of hydrogen-bond acceptors (Lipinski definition) is 1. The van der Waals surface area contributed by atoms with Gasteiger partial charge < -0.3 is 4.90 Å². The standard InChI is InChI=1S/C18H23NO/c1-18(16-9-3-2-4-10-16)11-13-19(14-12-18)17(20)15-7-5-6-8-15/h2-5,7,9-10,15H,6,8,11-14H2,1H3. The second-order valence-electron chi connectivity index (χ2n) is 6.36. The van der Waals surface area contributed by atoms with Gasteiger partial charge in [0.05, 0.1) is 5.92 Å². The van der Waals surface area contributed by atoms with Crippen molar-refractivity contribution in [3.05, 3.63) is 48.0 Å². The molecule has 1 aliphatic carbocycles. The molecule has 0 aromatic heterocycles. The molecule has 2 aliphatic rings. The minimum absolute atomic E-state index is 0.149. The first kappa shape index (κ1) is 13.4. The Morgan fingerprint density at radius 1 is 1.20 bits per heavy atom. The molecule has 3 rings (SSSR count). The quantitative estimate of drug-likeness (QED) is 0.752. The Kier molecular flexibility index (Phi) is 3.64. The maximum absolute atomic E-state index is 12.4. The zero-order chi connectivity index (χ0) is 14.0. The molecule has 0 spiro atoms. The summed E-state index contributed by atoms with van der Waals surface area (Å²) in [6.07, 6.45) is 8.43. The topological polar surface area (TPSA) is 20.3 Å². The average molecular weight is 269 g/mol. The van der Waals surface area contributed by atoms with E-state index in [1.165, 1.54) is 5.56 Å². The Bertz CT molecular complexity index is 497. The third-order valence-corrected chi connectivity index (χ3v) is 4.98. The summed E-state index contributed by atoms with van der Waals surface area (Å²) in [6.45, 7) is 4.13. The van der Waals surface area contributed by atoms with E-state index in [2.05, 4.69) is 54.3 Å². The Hall–Kier alpha value is -1.57. The van der Waals surface area contributed by atoms with Crippen LogP contribution in [0.25, 0.3) is 0 Å². The van der Waals surface area contributed by atoms with Crippen molar-refractivity contribution in [2.45, 2.75) is 38.0 Å². The molecule has 1 unspecified atom stereocenters. The lowest BCUT2D eigenvalue weighted by Crippen LogP contribution is -2.45. The van der Waals surface area contributed by atoms with Gasteiger partial charge in [0, 0.05) is 13.1 Å². The normalized spacial score (nSPS) is 24.9. The van der Waals surface area contributed by atoms with Crippen molar-refractivity contribution in [3.63, 3.8) is 0 Å². The monoisotopic (exact) mass is 269 g/mol. The van der Waals surface area contributed by atoms with Gasteiger partial charge in [0.1, 0.15) is 0 Å². The van der Waals surface area contributed by atoms with Crippen molar-refractivity contribution in [2.75, 3.05) is 13.1 Å². The number of likely N-dealkylation sites (tertiary alicyclic amines) is 1. The lowest BCUT2D eigenvalue weighted by molar-refractivity contribution is -0.135. The molecule has 2 nitrogen and oxygen atoms in total. The van der Waals surface area contributed by atoms with Crippen LogP contribution < -0.4 is 0 Å². The number of amides is 1. The van der Waals surface area contributed by atoms with E-state index in [-0.39, 0.29) is 11.3 Å². The Balaban J connectivity index is 1.64. The lowest BCUT2D eigenvalue weighted by atomic mass is 9.74. The second kappa shape index (κ2) is 5.43. The van der Waals surface area contributed by atoms with Crippen LogP contribution >= 0.6 is 0 Å². The smallest absolute Gasteiger partial charge is 0.229 e. The highest BCUT2D eigenvalue weighted by Gasteiger charge is 2.34. The van der Waals surface area contributed by atoms with Gasteiger partial charge in [-0.15, -0.1) is 0 Å². The molecule has 1 atom stereocenters. The molecule has 0 N–H and O–H groups in total. The number of benzene rings is 1. The minimum Gasteiger partial charge on any atom is -0.342 e. The highest BCUT2D eigenvalue weighted by Crippen LogP contribution is 2.35. The molecule has 0 saturated carbocycles. The molecule has 1 aliphatic heterocycles. The molecule has 2 heteroatoms. The number of carbonyl (C=O) groups excluding carboxylic acids is 1. The fourth-order valence-corrected chi connectivity index (χ4v) is 3.42. The van der Waals surface area contributed by atoms with Gasteiger partial charge in [0.25, 0.3) is 0 Å². The molecule has 106 valence electrons. The third-order valence-electron chi connectivity index (χ3n) is 4.98. The Labute approximate surface area is 121 Å². The number of carbonyl (C=O) groups is 1. The van der Waals surface area contributed by atoms with Crippen LogP contribution in [0.4, 0.5) is 0 Å². The largest absolute Gasteiger partial charge is 0.342 e. The number of hydrogen-bond donors (Lipinski definition) is 0. The van der Waals surface area contributed by atoms with Crippen molar-refractivity contribution in [2.24, 2.45) is 5.92 Å². The fraction of sp³-hybridized carbons (Fsp3) is 0.500. The molecule has 1 saturated heterocycles. The first-order valence-electron chi connectivity index (χ1n) is 7.70. The summed E-state index contributed by atoms with van der Waals surface area (Å²) in [4.78, 5) is 14.5. The van der Waals surface area contributed by atoms with E-state index < -0.39 is 0 Å².